The third kappa shape index (κ3) is 2.11. The summed E-state index contributed by atoms with van der Waals surface area (Å²) < 4.78 is 5.67. The molecule has 0 aliphatic carbocycles. The molecule has 0 saturated carbocycles. The Balaban J connectivity index is 1.70. The highest BCUT2D eigenvalue weighted by Crippen LogP contribution is 2.29. The number of para-hydroxylation sites is 1. The van der Waals surface area contributed by atoms with Crippen LogP contribution in [0.1, 0.15) is 11.1 Å². The van der Waals surface area contributed by atoms with E-state index in [1.54, 1.807) is 11.3 Å². The Bertz CT molecular complexity index is 506. The number of carbonyl (C=O) groups is 1. The van der Waals surface area contributed by atoms with Crippen LogP contribution < -0.4 is 4.74 Å². The minimum atomic E-state index is -0.299. The molecule has 1 atom stereocenters. The Morgan fingerprint density at radius 2 is 2.24 bits per heavy atom. The molecular formula is C14H12O2S. The lowest BCUT2D eigenvalue weighted by Gasteiger charge is -2.08. The second kappa shape index (κ2) is 4.34. The van der Waals surface area contributed by atoms with Gasteiger partial charge in [0.2, 0.25) is 0 Å². The van der Waals surface area contributed by atoms with Crippen LogP contribution in [0.4, 0.5) is 0 Å². The Morgan fingerprint density at radius 1 is 1.35 bits per heavy atom. The molecule has 2 heterocycles. The van der Waals surface area contributed by atoms with E-state index < -0.39 is 0 Å². The van der Waals surface area contributed by atoms with Crippen LogP contribution in [0.5, 0.6) is 5.75 Å². The number of hydrogen-bond donors (Lipinski definition) is 0. The molecule has 1 unspecified atom stereocenters. The third-order valence-electron chi connectivity index (χ3n) is 2.96. The molecule has 0 bridgehead atoms. The average molecular weight is 244 g/mol. The number of fused-ring (bicyclic) bond motifs is 1. The number of ketones is 1. The van der Waals surface area contributed by atoms with Crippen molar-refractivity contribution in [1.82, 2.24) is 0 Å². The molecule has 0 spiro atoms. The fourth-order valence-corrected chi connectivity index (χ4v) is 2.74. The molecule has 1 aromatic carbocycles. The normalized spacial score (nSPS) is 17.5. The zero-order valence-electron chi connectivity index (χ0n) is 9.26. The molecule has 1 aliphatic heterocycles. The summed E-state index contributed by atoms with van der Waals surface area (Å²) in [6, 6.07) is 9.85. The third-order valence-corrected chi connectivity index (χ3v) is 3.70. The number of hydrogen-bond acceptors (Lipinski definition) is 3. The number of Topliss-reactive ketones (excluding diaryl/α,β-unsaturated/α-hetero) is 1. The van der Waals surface area contributed by atoms with Crippen molar-refractivity contribution in [1.29, 1.82) is 0 Å². The van der Waals surface area contributed by atoms with Gasteiger partial charge in [-0.3, -0.25) is 4.79 Å². The molecule has 17 heavy (non-hydrogen) atoms. The highest BCUT2D eigenvalue weighted by atomic mass is 32.1. The van der Waals surface area contributed by atoms with Crippen LogP contribution in [0, 0.1) is 0 Å². The topological polar surface area (TPSA) is 26.3 Å². The van der Waals surface area contributed by atoms with Crippen molar-refractivity contribution in [3.8, 4) is 5.75 Å². The van der Waals surface area contributed by atoms with Gasteiger partial charge in [-0.1, -0.05) is 18.2 Å². The zero-order valence-corrected chi connectivity index (χ0v) is 10.1. The van der Waals surface area contributed by atoms with Gasteiger partial charge in [-0.05, 0) is 34.0 Å². The van der Waals surface area contributed by atoms with E-state index in [0.29, 0.717) is 12.8 Å². The van der Waals surface area contributed by atoms with Crippen molar-refractivity contribution in [2.45, 2.75) is 18.9 Å². The summed E-state index contributed by atoms with van der Waals surface area (Å²) >= 11 is 1.62. The second-order valence-electron chi connectivity index (χ2n) is 4.19. The van der Waals surface area contributed by atoms with Gasteiger partial charge in [0.25, 0.3) is 0 Å². The largest absolute Gasteiger partial charge is 0.482 e. The molecule has 3 heteroatoms. The Hall–Kier alpha value is -1.61. The van der Waals surface area contributed by atoms with Crippen molar-refractivity contribution in [2.75, 3.05) is 0 Å². The lowest BCUT2D eigenvalue weighted by atomic mass is 10.0. The summed E-state index contributed by atoms with van der Waals surface area (Å²) in [4.78, 5) is 12.1. The minimum Gasteiger partial charge on any atom is -0.482 e. The SMILES string of the molecule is O=C(Cc1ccsc1)C1Cc2ccccc2O1. The van der Waals surface area contributed by atoms with Gasteiger partial charge in [0.15, 0.2) is 11.9 Å². The van der Waals surface area contributed by atoms with E-state index in [-0.39, 0.29) is 11.9 Å². The molecule has 2 nitrogen and oxygen atoms in total. The van der Waals surface area contributed by atoms with Gasteiger partial charge >= 0.3 is 0 Å². The molecule has 1 aliphatic rings. The summed E-state index contributed by atoms with van der Waals surface area (Å²) in [7, 11) is 0. The zero-order chi connectivity index (χ0) is 11.7. The van der Waals surface area contributed by atoms with Crippen LogP contribution in [0.25, 0.3) is 0 Å². The standard InChI is InChI=1S/C14H12O2S/c15-12(7-10-5-6-17-9-10)14-8-11-3-1-2-4-13(11)16-14/h1-6,9,14H,7-8H2. The molecule has 0 radical (unpaired) electrons. The maximum Gasteiger partial charge on any atom is 0.178 e. The lowest BCUT2D eigenvalue weighted by Crippen LogP contribution is -2.26. The maximum atomic E-state index is 12.1. The predicted molar refractivity (Wildman–Crippen MR) is 67.6 cm³/mol. The summed E-state index contributed by atoms with van der Waals surface area (Å²) in [5, 5.41) is 4.01. The van der Waals surface area contributed by atoms with Crippen molar-refractivity contribution >= 4 is 17.1 Å². The van der Waals surface area contributed by atoms with Crippen LogP contribution in [0.15, 0.2) is 41.1 Å². The number of benzene rings is 1. The molecule has 0 amide bonds. The predicted octanol–water partition coefficient (Wildman–Crippen LogP) is 2.86. The molecular weight excluding hydrogens is 232 g/mol. The van der Waals surface area contributed by atoms with E-state index in [1.807, 2.05) is 41.1 Å². The highest BCUT2D eigenvalue weighted by molar-refractivity contribution is 7.08. The smallest absolute Gasteiger partial charge is 0.178 e. The highest BCUT2D eigenvalue weighted by Gasteiger charge is 2.28. The number of ether oxygens (including phenoxy) is 1. The molecule has 86 valence electrons. The fraction of sp³-hybridized carbons (Fsp3) is 0.214. The molecule has 3 rings (SSSR count). The van der Waals surface area contributed by atoms with E-state index in [0.717, 1.165) is 16.9 Å². The molecule has 0 fully saturated rings. The van der Waals surface area contributed by atoms with E-state index >= 15 is 0 Å². The summed E-state index contributed by atoms with van der Waals surface area (Å²) in [5.74, 6) is 1.02. The van der Waals surface area contributed by atoms with Gasteiger partial charge in [-0.15, -0.1) is 0 Å². The summed E-state index contributed by atoms with van der Waals surface area (Å²) in [5.41, 5.74) is 2.22. The lowest BCUT2D eigenvalue weighted by molar-refractivity contribution is -0.124. The van der Waals surface area contributed by atoms with E-state index in [2.05, 4.69) is 0 Å². The van der Waals surface area contributed by atoms with Gasteiger partial charge in [0.05, 0.1) is 0 Å². The van der Waals surface area contributed by atoms with E-state index in [9.17, 15) is 4.79 Å². The number of carbonyl (C=O) groups excluding carboxylic acids is 1. The summed E-state index contributed by atoms with van der Waals surface area (Å²) in [6.45, 7) is 0. The number of thiophene rings is 1. The van der Waals surface area contributed by atoms with Crippen LogP contribution in [-0.2, 0) is 17.6 Å². The Labute approximate surface area is 104 Å². The van der Waals surface area contributed by atoms with Crippen LogP contribution in [0.3, 0.4) is 0 Å². The molecule has 2 aromatic rings. The van der Waals surface area contributed by atoms with Crippen LogP contribution in [-0.4, -0.2) is 11.9 Å². The quantitative estimate of drug-likeness (QED) is 0.830. The van der Waals surface area contributed by atoms with Gasteiger partial charge < -0.3 is 4.74 Å². The monoisotopic (exact) mass is 244 g/mol. The van der Waals surface area contributed by atoms with Crippen molar-refractivity contribution < 1.29 is 9.53 Å². The van der Waals surface area contributed by atoms with Gasteiger partial charge in [-0.2, -0.15) is 11.3 Å². The Morgan fingerprint density at radius 3 is 3.00 bits per heavy atom. The Kier molecular flexibility index (Phi) is 2.69. The average Bonchev–Trinajstić information content (AvgIpc) is 2.96. The second-order valence-corrected chi connectivity index (χ2v) is 4.97. The van der Waals surface area contributed by atoms with Crippen molar-refractivity contribution in [3.05, 3.63) is 52.2 Å². The molecule has 0 saturated heterocycles. The van der Waals surface area contributed by atoms with Gasteiger partial charge in [-0.25, -0.2) is 0 Å². The van der Waals surface area contributed by atoms with E-state index in [4.69, 9.17) is 4.74 Å². The van der Waals surface area contributed by atoms with Crippen molar-refractivity contribution in [3.63, 3.8) is 0 Å². The fourth-order valence-electron chi connectivity index (χ4n) is 2.07. The van der Waals surface area contributed by atoms with Crippen LogP contribution >= 0.6 is 11.3 Å². The number of rotatable bonds is 3. The minimum absolute atomic E-state index is 0.166. The first kappa shape index (κ1) is 10.5. The first-order chi connectivity index (χ1) is 8.33. The van der Waals surface area contributed by atoms with Gasteiger partial charge in [0.1, 0.15) is 5.75 Å². The first-order valence-corrected chi connectivity index (χ1v) is 6.55. The first-order valence-electron chi connectivity index (χ1n) is 5.61. The van der Waals surface area contributed by atoms with Crippen LogP contribution in [0.2, 0.25) is 0 Å². The maximum absolute atomic E-state index is 12.1. The summed E-state index contributed by atoms with van der Waals surface area (Å²) in [6.07, 6.45) is 0.883. The van der Waals surface area contributed by atoms with Gasteiger partial charge in [0, 0.05) is 12.8 Å². The van der Waals surface area contributed by atoms with E-state index in [1.165, 1.54) is 0 Å². The molecule has 1 aromatic heterocycles. The molecule has 0 N–H and O–H groups in total. The van der Waals surface area contributed by atoms with Crippen molar-refractivity contribution in [2.24, 2.45) is 0 Å².